The van der Waals surface area contributed by atoms with E-state index in [1.54, 1.807) is 22.5 Å². The van der Waals surface area contributed by atoms with Crippen LogP contribution in [-0.2, 0) is 21.2 Å². The molecule has 2 aromatic rings. The Labute approximate surface area is 191 Å². The molecule has 0 saturated carbocycles. The van der Waals surface area contributed by atoms with Gasteiger partial charge in [0.05, 0.1) is 11.4 Å². The van der Waals surface area contributed by atoms with Crippen molar-refractivity contribution in [3.63, 3.8) is 0 Å². The van der Waals surface area contributed by atoms with Crippen molar-refractivity contribution in [3.05, 3.63) is 59.2 Å². The molecule has 1 unspecified atom stereocenters. The lowest BCUT2D eigenvalue weighted by molar-refractivity contribution is -0.117. The Balaban J connectivity index is 1.46. The minimum Gasteiger partial charge on any atom is -0.325 e. The minimum atomic E-state index is -3.54. The van der Waals surface area contributed by atoms with Crippen LogP contribution < -0.4 is 5.32 Å². The van der Waals surface area contributed by atoms with Crippen LogP contribution in [-0.4, -0.2) is 50.2 Å². The van der Waals surface area contributed by atoms with Crippen LogP contribution in [0.4, 0.5) is 5.69 Å². The zero-order valence-electron chi connectivity index (χ0n) is 19.0. The standard InChI is InChI=1S/C25H33N3O3S/c1-19-13-14-21(32(30,31)28-15-6-3-7-16-28)17-23(19)26-25(29)18-27(2)24-12-8-10-20-9-4-5-11-22(20)24/h4-5,9,11,13-14,17,24H,3,6-8,10,12,15-16,18H2,1-2H3,(H,26,29). The molecule has 2 aromatic carbocycles. The highest BCUT2D eigenvalue weighted by Crippen LogP contribution is 2.33. The van der Waals surface area contributed by atoms with Crippen LogP contribution >= 0.6 is 0 Å². The van der Waals surface area contributed by atoms with E-state index in [9.17, 15) is 13.2 Å². The summed E-state index contributed by atoms with van der Waals surface area (Å²) in [5.41, 5.74) is 4.08. The first-order chi connectivity index (χ1) is 15.4. The second-order valence-electron chi connectivity index (χ2n) is 9.01. The van der Waals surface area contributed by atoms with Gasteiger partial charge < -0.3 is 5.32 Å². The number of likely N-dealkylation sites (N-methyl/N-ethyl adjacent to an activating group) is 1. The Hall–Kier alpha value is -2.22. The number of piperidine rings is 1. The highest BCUT2D eigenvalue weighted by Gasteiger charge is 2.27. The predicted octanol–water partition coefficient (Wildman–Crippen LogP) is 4.12. The zero-order valence-corrected chi connectivity index (χ0v) is 19.8. The van der Waals surface area contributed by atoms with Crippen molar-refractivity contribution in [1.29, 1.82) is 0 Å². The van der Waals surface area contributed by atoms with E-state index < -0.39 is 10.0 Å². The summed E-state index contributed by atoms with van der Waals surface area (Å²) in [6.45, 7) is 3.26. The molecule has 6 nitrogen and oxygen atoms in total. The minimum absolute atomic E-state index is 0.133. The fraction of sp³-hybridized carbons (Fsp3) is 0.480. The van der Waals surface area contributed by atoms with Crippen molar-refractivity contribution < 1.29 is 13.2 Å². The molecule has 7 heteroatoms. The van der Waals surface area contributed by atoms with Gasteiger partial charge in [0.15, 0.2) is 0 Å². The molecule has 1 amide bonds. The fourth-order valence-electron chi connectivity index (χ4n) is 4.86. The molecule has 1 saturated heterocycles. The molecule has 0 radical (unpaired) electrons. The predicted molar refractivity (Wildman–Crippen MR) is 127 cm³/mol. The summed E-state index contributed by atoms with van der Waals surface area (Å²) in [7, 11) is -1.56. The summed E-state index contributed by atoms with van der Waals surface area (Å²) < 4.78 is 27.6. The quantitative estimate of drug-likeness (QED) is 0.711. The van der Waals surface area contributed by atoms with E-state index in [2.05, 4.69) is 34.5 Å². The molecular formula is C25H33N3O3S. The highest BCUT2D eigenvalue weighted by atomic mass is 32.2. The molecule has 32 heavy (non-hydrogen) atoms. The Morgan fingerprint density at radius 2 is 1.84 bits per heavy atom. The number of nitrogens with one attached hydrogen (secondary N) is 1. The molecule has 1 fully saturated rings. The lowest BCUT2D eigenvalue weighted by Gasteiger charge is -2.33. The molecule has 172 valence electrons. The number of amides is 1. The smallest absolute Gasteiger partial charge is 0.243 e. The summed E-state index contributed by atoms with van der Waals surface area (Å²) in [5.74, 6) is -0.133. The zero-order chi connectivity index (χ0) is 22.7. The van der Waals surface area contributed by atoms with Crippen LogP contribution in [0.3, 0.4) is 0 Å². The first-order valence-electron chi connectivity index (χ1n) is 11.5. The monoisotopic (exact) mass is 455 g/mol. The number of hydrogen-bond donors (Lipinski definition) is 1. The Bertz CT molecular complexity index is 1080. The van der Waals surface area contributed by atoms with Gasteiger partial charge in [0.25, 0.3) is 0 Å². The van der Waals surface area contributed by atoms with E-state index >= 15 is 0 Å². The van der Waals surface area contributed by atoms with Gasteiger partial charge in [-0.1, -0.05) is 36.8 Å². The number of fused-ring (bicyclic) bond motifs is 1. The van der Waals surface area contributed by atoms with Crippen LogP contribution in [0, 0.1) is 6.92 Å². The Kier molecular flexibility index (Phi) is 6.98. The maximum Gasteiger partial charge on any atom is 0.243 e. The topological polar surface area (TPSA) is 69.7 Å². The van der Waals surface area contributed by atoms with Gasteiger partial charge in [-0.2, -0.15) is 4.31 Å². The lowest BCUT2D eigenvalue weighted by Crippen LogP contribution is -2.36. The van der Waals surface area contributed by atoms with Crippen molar-refractivity contribution >= 4 is 21.6 Å². The molecule has 4 rings (SSSR count). The first-order valence-corrected chi connectivity index (χ1v) is 13.0. The van der Waals surface area contributed by atoms with Gasteiger partial charge in [-0.15, -0.1) is 0 Å². The van der Waals surface area contributed by atoms with E-state index in [-0.39, 0.29) is 23.4 Å². The average molecular weight is 456 g/mol. The molecule has 0 spiro atoms. The highest BCUT2D eigenvalue weighted by molar-refractivity contribution is 7.89. The van der Waals surface area contributed by atoms with Crippen LogP contribution in [0.25, 0.3) is 0 Å². The van der Waals surface area contributed by atoms with Gasteiger partial charge in [-0.3, -0.25) is 9.69 Å². The summed E-state index contributed by atoms with van der Waals surface area (Å²) in [4.78, 5) is 15.2. The third-order valence-electron chi connectivity index (χ3n) is 6.70. The van der Waals surface area contributed by atoms with Crippen molar-refractivity contribution in [2.75, 3.05) is 32.0 Å². The molecular weight excluding hydrogens is 422 g/mol. The SMILES string of the molecule is Cc1ccc(S(=O)(=O)N2CCCCC2)cc1NC(=O)CN(C)C1CCCc2ccccc21. The largest absolute Gasteiger partial charge is 0.325 e. The van der Waals surface area contributed by atoms with Gasteiger partial charge in [0, 0.05) is 24.8 Å². The third-order valence-corrected chi connectivity index (χ3v) is 8.59. The van der Waals surface area contributed by atoms with Crippen molar-refractivity contribution in [2.45, 2.75) is 56.4 Å². The number of aryl methyl sites for hydroxylation is 2. The number of sulfonamides is 1. The second kappa shape index (κ2) is 9.73. The maximum absolute atomic E-state index is 13.0. The molecule has 0 bridgehead atoms. The summed E-state index contributed by atoms with van der Waals surface area (Å²) >= 11 is 0. The van der Waals surface area contributed by atoms with Crippen LogP contribution in [0.1, 0.15) is 54.8 Å². The molecule has 1 atom stereocenters. The van der Waals surface area contributed by atoms with Crippen LogP contribution in [0.2, 0.25) is 0 Å². The van der Waals surface area contributed by atoms with E-state index in [4.69, 9.17) is 0 Å². The molecule has 0 aromatic heterocycles. The number of hydrogen-bond acceptors (Lipinski definition) is 4. The maximum atomic E-state index is 13.0. The summed E-state index contributed by atoms with van der Waals surface area (Å²) in [6.07, 6.45) is 6.09. The number of carbonyl (C=O) groups is 1. The number of benzene rings is 2. The Morgan fingerprint density at radius 1 is 1.09 bits per heavy atom. The van der Waals surface area contributed by atoms with E-state index in [0.29, 0.717) is 18.8 Å². The summed E-state index contributed by atoms with van der Waals surface area (Å²) in [5, 5.41) is 2.96. The van der Waals surface area contributed by atoms with Crippen molar-refractivity contribution in [1.82, 2.24) is 9.21 Å². The van der Waals surface area contributed by atoms with Gasteiger partial charge in [0.2, 0.25) is 15.9 Å². The van der Waals surface area contributed by atoms with Crippen LogP contribution in [0.5, 0.6) is 0 Å². The Morgan fingerprint density at radius 3 is 2.62 bits per heavy atom. The van der Waals surface area contributed by atoms with Gasteiger partial charge >= 0.3 is 0 Å². The third kappa shape index (κ3) is 4.90. The van der Waals surface area contributed by atoms with Gasteiger partial charge in [-0.05, 0) is 74.9 Å². The van der Waals surface area contributed by atoms with Gasteiger partial charge in [-0.25, -0.2) is 8.42 Å². The second-order valence-corrected chi connectivity index (χ2v) is 10.9. The van der Waals surface area contributed by atoms with Crippen LogP contribution in [0.15, 0.2) is 47.4 Å². The van der Waals surface area contributed by atoms with Crippen molar-refractivity contribution in [3.8, 4) is 0 Å². The molecule has 2 aliphatic rings. The number of rotatable bonds is 6. The fourth-order valence-corrected chi connectivity index (χ4v) is 6.41. The van der Waals surface area contributed by atoms with E-state index in [1.807, 2.05) is 14.0 Å². The molecule has 1 N–H and O–H groups in total. The van der Waals surface area contributed by atoms with E-state index in [1.165, 1.54) is 11.1 Å². The number of carbonyl (C=O) groups excluding carboxylic acids is 1. The number of nitrogens with zero attached hydrogens (tertiary/aromatic N) is 2. The number of anilines is 1. The molecule has 1 heterocycles. The lowest BCUT2D eigenvalue weighted by atomic mass is 9.87. The van der Waals surface area contributed by atoms with E-state index in [0.717, 1.165) is 44.1 Å². The average Bonchev–Trinajstić information content (AvgIpc) is 2.80. The molecule has 1 aliphatic heterocycles. The summed E-state index contributed by atoms with van der Waals surface area (Å²) in [6, 6.07) is 13.7. The van der Waals surface area contributed by atoms with Crippen molar-refractivity contribution in [2.24, 2.45) is 0 Å². The van der Waals surface area contributed by atoms with Gasteiger partial charge in [0.1, 0.15) is 0 Å². The normalized spacial score (nSPS) is 19.5. The first kappa shape index (κ1) is 23.0. The molecule has 1 aliphatic carbocycles.